The van der Waals surface area contributed by atoms with Crippen LogP contribution in [0.2, 0.25) is 0 Å². The minimum atomic E-state index is 0.807. The molecule has 0 amide bonds. The summed E-state index contributed by atoms with van der Waals surface area (Å²) in [6.45, 7) is 0. The zero-order valence-corrected chi connectivity index (χ0v) is 6.14. The summed E-state index contributed by atoms with van der Waals surface area (Å²) in [5, 5.41) is 0. The van der Waals surface area contributed by atoms with E-state index < -0.39 is 0 Å². The third-order valence-electron chi connectivity index (χ3n) is 2.61. The molecule has 0 radical (unpaired) electrons. The summed E-state index contributed by atoms with van der Waals surface area (Å²) in [6, 6.07) is 0. The minimum absolute atomic E-state index is 0.807. The van der Waals surface area contributed by atoms with Gasteiger partial charge in [-0.25, -0.2) is 0 Å². The Bertz CT molecular complexity index is 140. The fourth-order valence-corrected chi connectivity index (χ4v) is 2.43. The van der Waals surface area contributed by atoms with E-state index in [2.05, 4.69) is 12.2 Å². The van der Waals surface area contributed by atoms with E-state index in [1.165, 1.54) is 12.8 Å². The van der Waals surface area contributed by atoms with Gasteiger partial charge in [0.05, 0.1) is 0 Å². The first-order chi connectivity index (χ1) is 4.40. The van der Waals surface area contributed by atoms with Gasteiger partial charge >= 0.3 is 0 Å². The van der Waals surface area contributed by atoms with Crippen molar-refractivity contribution in [2.45, 2.75) is 12.8 Å². The van der Waals surface area contributed by atoms with Crippen molar-refractivity contribution in [1.29, 1.82) is 0 Å². The smallest absolute Gasteiger partial charge is 0.0257 e. The molecular formula is C8H11Cl. The van der Waals surface area contributed by atoms with E-state index in [-0.39, 0.29) is 0 Å². The minimum Gasteiger partial charge on any atom is -0.126 e. The molecule has 2 aliphatic carbocycles. The zero-order valence-electron chi connectivity index (χ0n) is 5.39. The van der Waals surface area contributed by atoms with Gasteiger partial charge in [0.1, 0.15) is 0 Å². The fraction of sp³-hybridized carbons (Fsp3) is 0.750. The summed E-state index contributed by atoms with van der Waals surface area (Å²) in [6.07, 6.45) is 7.44. The van der Waals surface area contributed by atoms with Crippen molar-refractivity contribution in [2.24, 2.45) is 17.8 Å². The Balaban J connectivity index is 2.10. The highest BCUT2D eigenvalue weighted by Gasteiger charge is 2.34. The first kappa shape index (κ1) is 5.79. The van der Waals surface area contributed by atoms with Crippen molar-refractivity contribution in [2.75, 3.05) is 5.88 Å². The molecule has 1 fully saturated rings. The molecule has 0 heterocycles. The predicted molar refractivity (Wildman–Crippen MR) is 39.6 cm³/mol. The molecule has 0 N–H and O–H groups in total. The molecule has 0 saturated heterocycles. The number of fused-ring (bicyclic) bond motifs is 2. The van der Waals surface area contributed by atoms with Crippen LogP contribution in [0.5, 0.6) is 0 Å². The second kappa shape index (κ2) is 2.02. The Kier molecular flexibility index (Phi) is 1.30. The zero-order chi connectivity index (χ0) is 6.27. The number of rotatable bonds is 1. The fourth-order valence-electron chi connectivity index (χ4n) is 2.07. The Morgan fingerprint density at radius 2 is 2.22 bits per heavy atom. The predicted octanol–water partition coefficient (Wildman–Crippen LogP) is 2.44. The van der Waals surface area contributed by atoms with Crippen LogP contribution in [0.1, 0.15) is 12.8 Å². The molecule has 50 valence electrons. The highest BCUT2D eigenvalue weighted by atomic mass is 35.5. The maximum Gasteiger partial charge on any atom is 0.0257 e. The molecule has 0 aromatic carbocycles. The highest BCUT2D eigenvalue weighted by molar-refractivity contribution is 6.18. The summed E-state index contributed by atoms with van der Waals surface area (Å²) in [4.78, 5) is 0. The molecule has 2 aliphatic rings. The molecule has 2 rings (SSSR count). The van der Waals surface area contributed by atoms with Gasteiger partial charge in [-0.1, -0.05) is 12.2 Å². The van der Waals surface area contributed by atoms with E-state index in [1.807, 2.05) is 0 Å². The lowest BCUT2D eigenvalue weighted by molar-refractivity contribution is 0.499. The molecule has 0 nitrogen and oxygen atoms in total. The van der Waals surface area contributed by atoms with Crippen molar-refractivity contribution < 1.29 is 0 Å². The van der Waals surface area contributed by atoms with Crippen LogP contribution in [0.15, 0.2) is 12.2 Å². The Morgan fingerprint density at radius 1 is 1.33 bits per heavy atom. The summed E-state index contributed by atoms with van der Waals surface area (Å²) in [5.41, 5.74) is 0. The van der Waals surface area contributed by atoms with E-state index in [1.54, 1.807) is 0 Å². The van der Waals surface area contributed by atoms with Gasteiger partial charge in [0, 0.05) is 5.88 Å². The number of allylic oxidation sites excluding steroid dienone is 2. The van der Waals surface area contributed by atoms with Gasteiger partial charge in [-0.3, -0.25) is 0 Å². The molecule has 0 spiro atoms. The maximum atomic E-state index is 5.77. The molecule has 1 heteroatoms. The van der Waals surface area contributed by atoms with Crippen molar-refractivity contribution >= 4 is 11.6 Å². The molecule has 1 saturated carbocycles. The summed E-state index contributed by atoms with van der Waals surface area (Å²) < 4.78 is 0. The Hall–Kier alpha value is 0.0300. The van der Waals surface area contributed by atoms with E-state index in [9.17, 15) is 0 Å². The van der Waals surface area contributed by atoms with E-state index in [4.69, 9.17) is 11.6 Å². The topological polar surface area (TPSA) is 0 Å². The van der Waals surface area contributed by atoms with Gasteiger partial charge in [-0.2, -0.15) is 0 Å². The largest absolute Gasteiger partial charge is 0.126 e. The van der Waals surface area contributed by atoms with Gasteiger partial charge < -0.3 is 0 Å². The van der Waals surface area contributed by atoms with Gasteiger partial charge in [-0.15, -0.1) is 11.6 Å². The number of halogens is 1. The second-order valence-corrected chi connectivity index (χ2v) is 3.50. The quantitative estimate of drug-likeness (QED) is 0.390. The number of hydrogen-bond donors (Lipinski definition) is 0. The number of alkyl halides is 1. The van der Waals surface area contributed by atoms with Crippen molar-refractivity contribution in [3.05, 3.63) is 12.2 Å². The van der Waals surface area contributed by atoms with Crippen LogP contribution in [0, 0.1) is 17.8 Å². The average Bonchev–Trinajstić information content (AvgIpc) is 2.45. The lowest BCUT2D eigenvalue weighted by atomic mass is 9.96. The van der Waals surface area contributed by atoms with Crippen LogP contribution in [0.4, 0.5) is 0 Å². The third kappa shape index (κ3) is 0.806. The van der Waals surface area contributed by atoms with E-state index >= 15 is 0 Å². The van der Waals surface area contributed by atoms with Crippen molar-refractivity contribution in [3.8, 4) is 0 Å². The molecule has 9 heavy (non-hydrogen) atoms. The lowest BCUT2D eigenvalue weighted by Crippen LogP contribution is -2.07. The van der Waals surface area contributed by atoms with E-state index in [0.717, 1.165) is 23.6 Å². The molecular weight excluding hydrogens is 132 g/mol. The van der Waals surface area contributed by atoms with E-state index in [0.29, 0.717) is 0 Å². The van der Waals surface area contributed by atoms with Crippen LogP contribution < -0.4 is 0 Å². The van der Waals surface area contributed by atoms with Crippen LogP contribution in [-0.4, -0.2) is 5.88 Å². The van der Waals surface area contributed by atoms with Crippen LogP contribution in [0.3, 0.4) is 0 Å². The second-order valence-electron chi connectivity index (χ2n) is 3.19. The molecule has 3 atom stereocenters. The summed E-state index contributed by atoms with van der Waals surface area (Å²) in [5.74, 6) is 3.40. The third-order valence-corrected chi connectivity index (χ3v) is 3.01. The van der Waals surface area contributed by atoms with Crippen LogP contribution in [-0.2, 0) is 0 Å². The van der Waals surface area contributed by atoms with Gasteiger partial charge in [0.2, 0.25) is 0 Å². The monoisotopic (exact) mass is 142 g/mol. The Labute approximate surface area is 60.9 Å². The standard InChI is InChI=1S/C8H11Cl/c9-5-8-4-6-1-2-7(8)3-6/h1-2,6-8H,3-5H2/t6?,7?,8-/m0/s1. The average molecular weight is 143 g/mol. The van der Waals surface area contributed by atoms with Gasteiger partial charge in [0.25, 0.3) is 0 Å². The van der Waals surface area contributed by atoms with Gasteiger partial charge in [-0.05, 0) is 30.6 Å². The summed E-state index contributed by atoms with van der Waals surface area (Å²) >= 11 is 5.77. The normalized spacial score (nSPS) is 46.6. The molecule has 0 aromatic rings. The number of hydrogen-bond acceptors (Lipinski definition) is 0. The first-order valence-electron chi connectivity index (χ1n) is 3.64. The molecule has 2 unspecified atom stereocenters. The molecule has 2 bridgehead atoms. The molecule has 0 aromatic heterocycles. The van der Waals surface area contributed by atoms with Crippen molar-refractivity contribution in [1.82, 2.24) is 0 Å². The maximum absolute atomic E-state index is 5.77. The van der Waals surface area contributed by atoms with Crippen LogP contribution in [0.25, 0.3) is 0 Å². The van der Waals surface area contributed by atoms with Crippen LogP contribution >= 0.6 is 11.6 Å². The van der Waals surface area contributed by atoms with Crippen molar-refractivity contribution in [3.63, 3.8) is 0 Å². The Morgan fingerprint density at radius 3 is 2.56 bits per heavy atom. The van der Waals surface area contributed by atoms with Gasteiger partial charge in [0.15, 0.2) is 0 Å². The summed E-state index contributed by atoms with van der Waals surface area (Å²) in [7, 11) is 0. The lowest BCUT2D eigenvalue weighted by Gasteiger charge is -2.13. The molecule has 0 aliphatic heterocycles. The first-order valence-corrected chi connectivity index (χ1v) is 4.18. The SMILES string of the molecule is ClC[C@@H]1CC2C=CC1C2. The highest BCUT2D eigenvalue weighted by Crippen LogP contribution is 2.43.